The molecule has 1 fully saturated rings. The van der Waals surface area contributed by atoms with Gasteiger partial charge < -0.3 is 14.8 Å². The van der Waals surface area contributed by atoms with Gasteiger partial charge in [0.05, 0.1) is 12.8 Å². The zero-order valence-electron chi connectivity index (χ0n) is 18.2. The van der Waals surface area contributed by atoms with Crippen LogP contribution in [0.4, 0.5) is 0 Å². The molecule has 166 valence electrons. The van der Waals surface area contributed by atoms with E-state index in [0.717, 1.165) is 67.5 Å². The van der Waals surface area contributed by atoms with E-state index in [9.17, 15) is 9.59 Å². The summed E-state index contributed by atoms with van der Waals surface area (Å²) in [5, 5.41) is 7.57. The fourth-order valence-corrected chi connectivity index (χ4v) is 4.62. The molecule has 0 atom stereocenters. The molecule has 2 aromatic rings. The van der Waals surface area contributed by atoms with Crippen LogP contribution in [-0.2, 0) is 34.3 Å². The van der Waals surface area contributed by atoms with Crippen LogP contribution in [0, 0.1) is 0 Å². The first-order chi connectivity index (χ1) is 15.1. The molecule has 2 heterocycles. The highest BCUT2D eigenvalue weighted by atomic mass is 16.5. The molecule has 0 spiro atoms. The number of hydrogen-bond donors (Lipinski definition) is 1. The standard InChI is InChI=1S/C24H31N3O4/c1-30-20-9-7-19(8-10-20)24(11-13-31-14-12-24)17-25-22(28)16-27-23(29)15-18-5-3-2-4-6-21(18)26-27/h7-10,15H,2-6,11-14,16-17H2,1H3,(H,25,28). The fourth-order valence-electron chi connectivity index (χ4n) is 4.62. The quantitative estimate of drug-likeness (QED) is 0.719. The molecule has 1 N–H and O–H groups in total. The lowest BCUT2D eigenvalue weighted by Gasteiger charge is -2.38. The van der Waals surface area contributed by atoms with E-state index in [4.69, 9.17) is 9.47 Å². The minimum atomic E-state index is -0.202. The van der Waals surface area contributed by atoms with Gasteiger partial charge in [0, 0.05) is 31.2 Å². The van der Waals surface area contributed by atoms with Crippen LogP contribution >= 0.6 is 0 Å². The normalized spacial score (nSPS) is 18.0. The summed E-state index contributed by atoms with van der Waals surface area (Å²) in [7, 11) is 1.65. The van der Waals surface area contributed by atoms with E-state index in [2.05, 4.69) is 22.5 Å². The number of aromatic nitrogens is 2. The van der Waals surface area contributed by atoms with Gasteiger partial charge in [0.25, 0.3) is 5.56 Å². The van der Waals surface area contributed by atoms with Crippen molar-refractivity contribution in [1.82, 2.24) is 15.1 Å². The Bertz CT molecular complexity index is 962. The Morgan fingerprint density at radius 1 is 1.16 bits per heavy atom. The molecule has 7 heteroatoms. The number of rotatable bonds is 6. The molecule has 2 aliphatic rings. The second kappa shape index (κ2) is 9.64. The maximum absolute atomic E-state index is 12.8. The van der Waals surface area contributed by atoms with E-state index in [1.807, 2.05) is 12.1 Å². The number of methoxy groups -OCH3 is 1. The monoisotopic (exact) mass is 425 g/mol. The first-order valence-corrected chi connectivity index (χ1v) is 11.2. The molecular formula is C24H31N3O4. The second-order valence-electron chi connectivity index (χ2n) is 8.57. The first-order valence-electron chi connectivity index (χ1n) is 11.2. The van der Waals surface area contributed by atoms with E-state index in [1.165, 1.54) is 4.68 Å². The topological polar surface area (TPSA) is 82.5 Å². The van der Waals surface area contributed by atoms with Crippen molar-refractivity contribution in [2.45, 2.75) is 56.9 Å². The summed E-state index contributed by atoms with van der Waals surface area (Å²) in [6.07, 6.45) is 6.76. The minimum Gasteiger partial charge on any atom is -0.497 e. The molecule has 7 nitrogen and oxygen atoms in total. The van der Waals surface area contributed by atoms with Gasteiger partial charge in [-0.3, -0.25) is 9.59 Å². The van der Waals surface area contributed by atoms with Crippen molar-refractivity contribution < 1.29 is 14.3 Å². The van der Waals surface area contributed by atoms with Crippen molar-refractivity contribution in [2.75, 3.05) is 26.9 Å². The second-order valence-corrected chi connectivity index (χ2v) is 8.57. The van der Waals surface area contributed by atoms with Crippen molar-refractivity contribution in [3.8, 4) is 5.75 Å². The molecule has 1 aromatic carbocycles. The molecule has 4 rings (SSSR count). The summed E-state index contributed by atoms with van der Waals surface area (Å²) in [5.41, 5.74) is 2.78. The summed E-state index contributed by atoms with van der Waals surface area (Å²) < 4.78 is 12.2. The van der Waals surface area contributed by atoms with Crippen LogP contribution in [0.15, 0.2) is 35.1 Å². The first kappa shape index (κ1) is 21.6. The smallest absolute Gasteiger partial charge is 0.267 e. The predicted molar refractivity (Wildman–Crippen MR) is 117 cm³/mol. The number of nitrogens with one attached hydrogen (secondary N) is 1. The number of carbonyl (C=O) groups excluding carboxylic acids is 1. The van der Waals surface area contributed by atoms with E-state index >= 15 is 0 Å². The molecule has 1 amide bonds. The van der Waals surface area contributed by atoms with Crippen molar-refractivity contribution >= 4 is 5.91 Å². The highest BCUT2D eigenvalue weighted by Gasteiger charge is 2.35. The SMILES string of the molecule is COc1ccc(C2(CNC(=O)Cn3nc4c(cc3=O)CCCCC4)CCOCC2)cc1. The van der Waals surface area contributed by atoms with Gasteiger partial charge in [0.2, 0.25) is 5.91 Å². The van der Waals surface area contributed by atoms with Crippen molar-refractivity contribution in [3.05, 3.63) is 57.5 Å². The van der Waals surface area contributed by atoms with Gasteiger partial charge in [0.1, 0.15) is 12.3 Å². The molecule has 0 bridgehead atoms. The minimum absolute atomic E-state index is 0.0543. The van der Waals surface area contributed by atoms with E-state index in [0.29, 0.717) is 19.8 Å². The van der Waals surface area contributed by atoms with E-state index in [-0.39, 0.29) is 23.4 Å². The molecule has 0 unspecified atom stereocenters. The summed E-state index contributed by atoms with van der Waals surface area (Å²) in [4.78, 5) is 25.2. The van der Waals surface area contributed by atoms with Crippen molar-refractivity contribution in [1.29, 1.82) is 0 Å². The van der Waals surface area contributed by atoms with Gasteiger partial charge in [-0.05, 0) is 61.8 Å². The molecule has 31 heavy (non-hydrogen) atoms. The van der Waals surface area contributed by atoms with Gasteiger partial charge in [-0.25, -0.2) is 4.68 Å². The Labute approximate surface area is 182 Å². The average Bonchev–Trinajstić information content (AvgIpc) is 3.03. The largest absolute Gasteiger partial charge is 0.497 e. The lowest BCUT2D eigenvalue weighted by atomic mass is 9.74. The number of carbonyl (C=O) groups is 1. The Morgan fingerprint density at radius 2 is 1.90 bits per heavy atom. The molecule has 1 aromatic heterocycles. The number of hydrogen-bond acceptors (Lipinski definition) is 5. The highest BCUT2D eigenvalue weighted by molar-refractivity contribution is 5.75. The van der Waals surface area contributed by atoms with Crippen LogP contribution in [0.5, 0.6) is 5.75 Å². The van der Waals surface area contributed by atoms with E-state index in [1.54, 1.807) is 13.2 Å². The number of nitrogens with zero attached hydrogens (tertiary/aromatic N) is 2. The zero-order chi connectivity index (χ0) is 21.7. The molecule has 0 saturated carbocycles. The Kier molecular flexibility index (Phi) is 6.70. The molecule has 0 radical (unpaired) electrons. The van der Waals surface area contributed by atoms with Crippen molar-refractivity contribution in [2.24, 2.45) is 0 Å². The third-order valence-electron chi connectivity index (χ3n) is 6.59. The molecule has 1 aliphatic heterocycles. The van der Waals surface area contributed by atoms with Gasteiger partial charge in [-0.15, -0.1) is 0 Å². The molecule has 1 saturated heterocycles. The Morgan fingerprint density at radius 3 is 2.65 bits per heavy atom. The summed E-state index contributed by atoms with van der Waals surface area (Å²) in [5.74, 6) is 0.617. The summed E-state index contributed by atoms with van der Waals surface area (Å²) in [6, 6.07) is 9.70. The number of fused-ring (bicyclic) bond motifs is 1. The fraction of sp³-hybridized carbons (Fsp3) is 0.542. The lowest BCUT2D eigenvalue weighted by molar-refractivity contribution is -0.122. The van der Waals surface area contributed by atoms with Gasteiger partial charge >= 0.3 is 0 Å². The van der Waals surface area contributed by atoms with Crippen LogP contribution in [-0.4, -0.2) is 42.6 Å². The van der Waals surface area contributed by atoms with Gasteiger partial charge in [0.15, 0.2) is 0 Å². The van der Waals surface area contributed by atoms with Crippen LogP contribution in [0.1, 0.15) is 48.9 Å². The molecular weight excluding hydrogens is 394 g/mol. The van der Waals surface area contributed by atoms with Crippen LogP contribution in [0.2, 0.25) is 0 Å². The number of benzene rings is 1. The van der Waals surface area contributed by atoms with Crippen LogP contribution in [0.3, 0.4) is 0 Å². The summed E-state index contributed by atoms with van der Waals surface area (Å²) >= 11 is 0. The number of amides is 1. The average molecular weight is 426 g/mol. The Hall–Kier alpha value is -2.67. The van der Waals surface area contributed by atoms with Gasteiger partial charge in [-0.1, -0.05) is 18.6 Å². The Balaban J connectivity index is 1.46. The summed E-state index contributed by atoms with van der Waals surface area (Å²) in [6.45, 7) is 1.77. The number of ether oxygens (including phenoxy) is 2. The highest BCUT2D eigenvalue weighted by Crippen LogP contribution is 2.35. The van der Waals surface area contributed by atoms with Crippen LogP contribution < -0.4 is 15.6 Å². The lowest BCUT2D eigenvalue weighted by Crippen LogP contribution is -2.46. The van der Waals surface area contributed by atoms with Gasteiger partial charge in [-0.2, -0.15) is 5.10 Å². The third kappa shape index (κ3) is 4.98. The third-order valence-corrected chi connectivity index (χ3v) is 6.59. The molecule has 1 aliphatic carbocycles. The maximum Gasteiger partial charge on any atom is 0.267 e. The maximum atomic E-state index is 12.8. The van der Waals surface area contributed by atoms with Crippen LogP contribution in [0.25, 0.3) is 0 Å². The van der Waals surface area contributed by atoms with Crippen molar-refractivity contribution in [3.63, 3.8) is 0 Å². The van der Waals surface area contributed by atoms with E-state index < -0.39 is 0 Å². The number of aryl methyl sites for hydroxylation is 2. The zero-order valence-corrected chi connectivity index (χ0v) is 18.2. The predicted octanol–water partition coefficient (Wildman–Crippen LogP) is 2.39.